The minimum atomic E-state index is -1.35. The number of phenolic OH excluding ortho intramolecular Hbond substituents is 1. The van der Waals surface area contributed by atoms with Gasteiger partial charge in [-0.25, -0.2) is 0 Å². The van der Waals surface area contributed by atoms with Gasteiger partial charge in [0.1, 0.15) is 0 Å². The van der Waals surface area contributed by atoms with Crippen LogP contribution in [-0.2, 0) is 4.79 Å². The molecule has 0 radical (unpaired) electrons. The summed E-state index contributed by atoms with van der Waals surface area (Å²) >= 11 is 0. The second-order valence-electron chi connectivity index (χ2n) is 2.65. The van der Waals surface area contributed by atoms with Crippen molar-refractivity contribution in [2.75, 3.05) is 7.11 Å². The largest absolute Gasteiger partial charge is 1.00 e. The topological polar surface area (TPSA) is 69.6 Å². The second-order valence-corrected chi connectivity index (χ2v) is 2.65. The summed E-state index contributed by atoms with van der Waals surface area (Å²) in [4.78, 5) is 10.5. The molecule has 5 heteroatoms. The number of carboxylic acid groups (broad SMARTS) is 1. The molecule has 0 spiro atoms. The number of phenols is 1. The predicted molar refractivity (Wildman–Crippen MR) is 48.7 cm³/mol. The third-order valence-electron chi connectivity index (χ3n) is 1.77. The fourth-order valence-corrected chi connectivity index (χ4v) is 0.983. The minimum Gasteiger partial charge on any atom is -0.545 e. The zero-order valence-corrected chi connectivity index (χ0v) is 10.6. The molecule has 0 saturated heterocycles. The molecule has 4 nitrogen and oxygen atoms in total. The van der Waals surface area contributed by atoms with Crippen molar-refractivity contribution in [2.24, 2.45) is 0 Å². The monoisotopic (exact) mass is 216 g/mol. The Labute approximate surface area is 109 Å². The molecule has 0 unspecified atom stereocenters. The van der Waals surface area contributed by atoms with Gasteiger partial charge in [0, 0.05) is 0 Å². The molecule has 1 rings (SSSR count). The Morgan fingerprint density at radius 1 is 1.53 bits per heavy atom. The number of aliphatic carboxylic acids is 1. The van der Waals surface area contributed by atoms with Crippen LogP contribution in [0.5, 0.6) is 11.5 Å². The van der Waals surface area contributed by atoms with Gasteiger partial charge in [0.25, 0.3) is 0 Å². The third kappa shape index (κ3) is 3.27. The first-order chi connectivity index (χ1) is 6.56. The van der Waals surface area contributed by atoms with Crippen molar-refractivity contribution in [3.63, 3.8) is 0 Å². The molecular weight excluding hydrogens is 207 g/mol. The fraction of sp³-hybridized carbons (Fsp3) is 0.100. The van der Waals surface area contributed by atoms with Crippen molar-refractivity contribution in [3.05, 3.63) is 30.3 Å². The number of benzene rings is 1. The van der Waals surface area contributed by atoms with Gasteiger partial charge in [-0.05, 0) is 23.3 Å². The van der Waals surface area contributed by atoms with E-state index in [1.54, 1.807) is 0 Å². The van der Waals surface area contributed by atoms with E-state index in [1.807, 2.05) is 0 Å². The summed E-state index contributed by atoms with van der Waals surface area (Å²) in [6, 6.07) is 4.14. The number of rotatable bonds is 3. The van der Waals surface area contributed by atoms with Crippen molar-refractivity contribution in [1.82, 2.24) is 0 Å². The summed E-state index contributed by atoms with van der Waals surface area (Å²) in [5, 5.41) is 19.7. The molecule has 0 bridgehead atoms. The Morgan fingerprint density at radius 2 is 2.13 bits per heavy atom. The number of carbonyl (C=O) groups excluding carboxylic acids is 1. The first kappa shape index (κ1) is 14.0. The van der Waals surface area contributed by atoms with Crippen LogP contribution in [-0.4, -0.2) is 18.2 Å². The number of hydrogen-bond donors (Lipinski definition) is 1. The summed E-state index contributed by atoms with van der Waals surface area (Å²) in [5.74, 6) is -1.20. The predicted octanol–water partition coefficient (Wildman–Crippen LogP) is -2.83. The van der Waals surface area contributed by atoms with Gasteiger partial charge >= 0.3 is 29.6 Å². The Balaban J connectivity index is 0.00000196. The average Bonchev–Trinajstić information content (AvgIpc) is 2.17. The van der Waals surface area contributed by atoms with Crippen molar-refractivity contribution in [2.45, 2.75) is 0 Å². The molecule has 0 aliphatic rings. The van der Waals surface area contributed by atoms with Gasteiger partial charge in [0.05, 0.1) is 13.1 Å². The SMILES string of the molecule is C=C(C(=O)[O-])c1ccc(O)c(OC)c1.[Na+]. The standard InChI is InChI=1S/C10H10O4.Na/c1-6(10(12)13)7-3-4-8(11)9(5-7)14-2;/h3-5,11H,1H2,2H3,(H,12,13);/q;+1/p-1. The van der Waals surface area contributed by atoms with Crippen molar-refractivity contribution in [1.29, 1.82) is 0 Å². The van der Waals surface area contributed by atoms with Crippen LogP contribution >= 0.6 is 0 Å². The van der Waals surface area contributed by atoms with Crippen LogP contribution in [0.15, 0.2) is 24.8 Å². The van der Waals surface area contributed by atoms with Crippen LogP contribution in [0.3, 0.4) is 0 Å². The molecule has 74 valence electrons. The van der Waals surface area contributed by atoms with E-state index in [1.165, 1.54) is 25.3 Å². The molecule has 1 aromatic rings. The summed E-state index contributed by atoms with van der Waals surface area (Å²) in [7, 11) is 1.38. The molecule has 0 amide bonds. The Morgan fingerprint density at radius 3 is 2.60 bits per heavy atom. The molecule has 0 heterocycles. The summed E-state index contributed by atoms with van der Waals surface area (Å²) < 4.78 is 4.81. The maximum absolute atomic E-state index is 10.5. The van der Waals surface area contributed by atoms with Crippen LogP contribution in [0, 0.1) is 0 Å². The van der Waals surface area contributed by atoms with E-state index >= 15 is 0 Å². The second kappa shape index (κ2) is 5.80. The van der Waals surface area contributed by atoms with Crippen LogP contribution < -0.4 is 39.4 Å². The number of ether oxygens (including phenoxy) is 1. The van der Waals surface area contributed by atoms with E-state index in [9.17, 15) is 15.0 Å². The number of hydrogen-bond acceptors (Lipinski definition) is 4. The molecular formula is C10H9NaO4. The van der Waals surface area contributed by atoms with Gasteiger partial charge in [-0.3, -0.25) is 0 Å². The molecule has 0 aliphatic heterocycles. The van der Waals surface area contributed by atoms with E-state index in [0.29, 0.717) is 5.56 Å². The normalized spacial score (nSPS) is 8.87. The summed E-state index contributed by atoms with van der Waals surface area (Å²) in [6.07, 6.45) is 0. The van der Waals surface area contributed by atoms with Crippen LogP contribution in [0.2, 0.25) is 0 Å². The number of methoxy groups -OCH3 is 1. The Hall–Kier alpha value is -0.970. The van der Waals surface area contributed by atoms with Gasteiger partial charge in [0.2, 0.25) is 0 Å². The van der Waals surface area contributed by atoms with E-state index in [4.69, 9.17) is 4.74 Å². The summed E-state index contributed by atoms with van der Waals surface area (Å²) in [6.45, 7) is 3.33. The number of carbonyl (C=O) groups is 1. The molecule has 15 heavy (non-hydrogen) atoms. The van der Waals surface area contributed by atoms with Gasteiger partial charge in [-0.15, -0.1) is 0 Å². The minimum absolute atomic E-state index is 0. The number of carboxylic acids is 1. The van der Waals surface area contributed by atoms with Crippen LogP contribution in [0.25, 0.3) is 5.57 Å². The zero-order valence-electron chi connectivity index (χ0n) is 8.61. The van der Waals surface area contributed by atoms with E-state index in [-0.39, 0.29) is 46.6 Å². The van der Waals surface area contributed by atoms with Gasteiger partial charge < -0.3 is 19.7 Å². The molecule has 1 aromatic carbocycles. The first-order valence-electron chi connectivity index (χ1n) is 3.84. The first-order valence-corrected chi connectivity index (χ1v) is 3.84. The molecule has 0 saturated carbocycles. The van der Waals surface area contributed by atoms with Crippen molar-refractivity contribution in [3.8, 4) is 11.5 Å². The van der Waals surface area contributed by atoms with E-state index in [0.717, 1.165) is 0 Å². The van der Waals surface area contributed by atoms with Crippen molar-refractivity contribution < 1.29 is 49.3 Å². The number of aromatic hydroxyl groups is 1. The van der Waals surface area contributed by atoms with Gasteiger partial charge in [-0.2, -0.15) is 0 Å². The molecule has 0 fully saturated rings. The summed E-state index contributed by atoms with van der Waals surface area (Å²) in [5.41, 5.74) is 0.197. The van der Waals surface area contributed by atoms with Crippen molar-refractivity contribution >= 4 is 11.5 Å². The molecule has 1 N–H and O–H groups in total. The third-order valence-corrected chi connectivity index (χ3v) is 1.77. The van der Waals surface area contributed by atoms with Crippen LogP contribution in [0.4, 0.5) is 0 Å². The maximum Gasteiger partial charge on any atom is 1.00 e. The van der Waals surface area contributed by atoms with Gasteiger partial charge in [0.15, 0.2) is 11.5 Å². The fourth-order valence-electron chi connectivity index (χ4n) is 0.983. The van der Waals surface area contributed by atoms with E-state index < -0.39 is 5.97 Å². The maximum atomic E-state index is 10.5. The van der Waals surface area contributed by atoms with Gasteiger partial charge in [-0.1, -0.05) is 12.6 Å². The van der Waals surface area contributed by atoms with E-state index in [2.05, 4.69) is 6.58 Å². The average molecular weight is 216 g/mol. The van der Waals surface area contributed by atoms with Crippen LogP contribution in [0.1, 0.15) is 5.56 Å². The quantitative estimate of drug-likeness (QED) is 0.436. The molecule has 0 aliphatic carbocycles. The molecule has 0 aromatic heterocycles. The Bertz CT molecular complexity index is 387. The molecule has 0 atom stereocenters. The Kier molecular flexibility index (Phi) is 5.43. The zero-order chi connectivity index (χ0) is 10.7. The smallest absolute Gasteiger partial charge is 0.545 e.